The molecule has 1 aromatic rings. The molecular formula is C13H18BrN3O. The largest absolute Gasteiger partial charge is 0.350 e. The Kier molecular flexibility index (Phi) is 4.22. The third-order valence-corrected chi connectivity index (χ3v) is 4.08. The van der Waals surface area contributed by atoms with Gasteiger partial charge >= 0.3 is 0 Å². The van der Waals surface area contributed by atoms with Gasteiger partial charge in [0.1, 0.15) is 5.82 Å². The number of likely N-dealkylation sites (N-methyl/N-ethyl adjacent to an activating group) is 1. The Labute approximate surface area is 116 Å². The molecule has 0 atom stereocenters. The van der Waals surface area contributed by atoms with Crippen LogP contribution in [-0.4, -0.2) is 42.5 Å². The zero-order valence-electron chi connectivity index (χ0n) is 10.8. The maximum absolute atomic E-state index is 12.0. The molecule has 1 amide bonds. The van der Waals surface area contributed by atoms with Crippen molar-refractivity contribution >= 4 is 27.7 Å². The molecule has 4 nitrogen and oxygen atoms in total. The molecule has 1 fully saturated rings. The van der Waals surface area contributed by atoms with Crippen molar-refractivity contribution in [2.75, 3.05) is 31.6 Å². The molecule has 98 valence electrons. The van der Waals surface area contributed by atoms with Crippen molar-refractivity contribution in [3.63, 3.8) is 0 Å². The van der Waals surface area contributed by atoms with E-state index in [0.717, 1.165) is 41.8 Å². The Bertz CT molecular complexity index is 444. The number of aryl methyl sites for hydroxylation is 1. The maximum atomic E-state index is 12.0. The molecule has 0 saturated carbocycles. The molecule has 2 heterocycles. The van der Waals surface area contributed by atoms with Crippen LogP contribution in [0.25, 0.3) is 0 Å². The third kappa shape index (κ3) is 3.02. The van der Waals surface area contributed by atoms with Crippen molar-refractivity contribution < 1.29 is 4.79 Å². The summed E-state index contributed by atoms with van der Waals surface area (Å²) in [4.78, 5) is 20.2. The number of aromatic nitrogens is 1. The van der Waals surface area contributed by atoms with E-state index in [1.165, 1.54) is 0 Å². The van der Waals surface area contributed by atoms with E-state index in [-0.39, 0.29) is 5.91 Å². The van der Waals surface area contributed by atoms with E-state index in [2.05, 4.69) is 20.9 Å². The van der Waals surface area contributed by atoms with Gasteiger partial charge in [0.15, 0.2) is 0 Å². The SMILES string of the molecule is Cc1cc(N(C)CC(=O)N2CCCC2)ncc1Br. The van der Waals surface area contributed by atoms with Gasteiger partial charge in [-0.1, -0.05) is 0 Å². The number of hydrogen-bond donors (Lipinski definition) is 0. The summed E-state index contributed by atoms with van der Waals surface area (Å²) in [7, 11) is 1.91. The van der Waals surface area contributed by atoms with Crippen molar-refractivity contribution in [1.82, 2.24) is 9.88 Å². The lowest BCUT2D eigenvalue weighted by Crippen LogP contribution is -2.37. The molecular weight excluding hydrogens is 294 g/mol. The number of rotatable bonds is 3. The molecule has 0 unspecified atom stereocenters. The van der Waals surface area contributed by atoms with Gasteiger partial charge in [0, 0.05) is 30.8 Å². The molecule has 1 aliphatic rings. The Morgan fingerprint density at radius 1 is 1.50 bits per heavy atom. The number of anilines is 1. The lowest BCUT2D eigenvalue weighted by atomic mass is 10.3. The zero-order valence-corrected chi connectivity index (χ0v) is 12.4. The summed E-state index contributed by atoms with van der Waals surface area (Å²) in [6, 6.07) is 1.99. The number of pyridine rings is 1. The van der Waals surface area contributed by atoms with Crippen LogP contribution in [0, 0.1) is 6.92 Å². The van der Waals surface area contributed by atoms with Crippen molar-refractivity contribution in [1.29, 1.82) is 0 Å². The van der Waals surface area contributed by atoms with Gasteiger partial charge in [0.2, 0.25) is 5.91 Å². The van der Waals surface area contributed by atoms with Gasteiger partial charge in [-0.15, -0.1) is 0 Å². The topological polar surface area (TPSA) is 36.4 Å². The predicted molar refractivity (Wildman–Crippen MR) is 75.8 cm³/mol. The van der Waals surface area contributed by atoms with Crippen LogP contribution in [0.15, 0.2) is 16.7 Å². The standard InChI is InChI=1S/C13H18BrN3O/c1-10-7-12(15-8-11(10)14)16(2)9-13(18)17-5-3-4-6-17/h7-8H,3-6,9H2,1-2H3. The number of carbonyl (C=O) groups is 1. The lowest BCUT2D eigenvalue weighted by Gasteiger charge is -2.22. The smallest absolute Gasteiger partial charge is 0.242 e. The van der Waals surface area contributed by atoms with E-state index in [0.29, 0.717) is 6.54 Å². The number of hydrogen-bond acceptors (Lipinski definition) is 3. The zero-order chi connectivity index (χ0) is 13.1. The Morgan fingerprint density at radius 2 is 2.17 bits per heavy atom. The first-order chi connectivity index (χ1) is 8.58. The van der Waals surface area contributed by atoms with Crippen LogP contribution in [0.1, 0.15) is 18.4 Å². The summed E-state index contributed by atoms with van der Waals surface area (Å²) in [6.07, 6.45) is 4.04. The summed E-state index contributed by atoms with van der Waals surface area (Å²) in [5.41, 5.74) is 1.13. The molecule has 1 aromatic heterocycles. The van der Waals surface area contributed by atoms with Crippen molar-refractivity contribution in [3.05, 3.63) is 22.3 Å². The van der Waals surface area contributed by atoms with Crippen molar-refractivity contribution in [2.45, 2.75) is 19.8 Å². The average molecular weight is 312 g/mol. The van der Waals surface area contributed by atoms with Gasteiger partial charge in [-0.25, -0.2) is 4.98 Å². The average Bonchev–Trinajstić information content (AvgIpc) is 2.86. The van der Waals surface area contributed by atoms with Crippen LogP contribution in [0.3, 0.4) is 0 Å². The molecule has 0 aliphatic carbocycles. The molecule has 1 aliphatic heterocycles. The molecule has 0 radical (unpaired) electrons. The predicted octanol–water partition coefficient (Wildman–Crippen LogP) is 2.21. The summed E-state index contributed by atoms with van der Waals surface area (Å²) < 4.78 is 0.991. The molecule has 18 heavy (non-hydrogen) atoms. The second kappa shape index (κ2) is 5.69. The minimum absolute atomic E-state index is 0.192. The molecule has 0 bridgehead atoms. The van der Waals surface area contributed by atoms with Gasteiger partial charge in [-0.05, 0) is 47.3 Å². The highest BCUT2D eigenvalue weighted by molar-refractivity contribution is 9.10. The first-order valence-electron chi connectivity index (χ1n) is 6.19. The van der Waals surface area contributed by atoms with Crippen LogP contribution < -0.4 is 4.90 Å². The van der Waals surface area contributed by atoms with E-state index in [4.69, 9.17) is 0 Å². The highest BCUT2D eigenvalue weighted by Gasteiger charge is 2.19. The summed E-state index contributed by atoms with van der Waals surface area (Å²) in [5.74, 6) is 1.03. The maximum Gasteiger partial charge on any atom is 0.242 e. The Morgan fingerprint density at radius 3 is 2.78 bits per heavy atom. The van der Waals surface area contributed by atoms with E-state index >= 15 is 0 Å². The first kappa shape index (κ1) is 13.3. The normalized spacial score (nSPS) is 14.9. The number of nitrogens with zero attached hydrogens (tertiary/aromatic N) is 3. The molecule has 0 N–H and O–H groups in total. The first-order valence-corrected chi connectivity index (χ1v) is 6.98. The minimum atomic E-state index is 0.192. The third-order valence-electron chi connectivity index (χ3n) is 3.25. The summed E-state index contributed by atoms with van der Waals surface area (Å²) in [5, 5.41) is 0. The second-order valence-corrected chi connectivity index (χ2v) is 5.59. The van der Waals surface area contributed by atoms with Gasteiger partial charge < -0.3 is 9.80 Å². The second-order valence-electron chi connectivity index (χ2n) is 4.74. The van der Waals surface area contributed by atoms with Crippen LogP contribution >= 0.6 is 15.9 Å². The van der Waals surface area contributed by atoms with Crippen molar-refractivity contribution in [3.8, 4) is 0 Å². The van der Waals surface area contributed by atoms with Crippen LogP contribution in [-0.2, 0) is 4.79 Å². The van der Waals surface area contributed by atoms with Crippen LogP contribution in [0.4, 0.5) is 5.82 Å². The van der Waals surface area contributed by atoms with Crippen LogP contribution in [0.2, 0.25) is 0 Å². The van der Waals surface area contributed by atoms with E-state index < -0.39 is 0 Å². The Balaban J connectivity index is 2.00. The molecule has 1 saturated heterocycles. The van der Waals surface area contributed by atoms with E-state index in [9.17, 15) is 4.79 Å². The lowest BCUT2D eigenvalue weighted by molar-refractivity contribution is -0.128. The minimum Gasteiger partial charge on any atom is -0.350 e. The monoisotopic (exact) mass is 311 g/mol. The quantitative estimate of drug-likeness (QED) is 0.858. The van der Waals surface area contributed by atoms with E-state index in [1.807, 2.05) is 29.8 Å². The number of carbonyl (C=O) groups excluding carboxylic acids is 1. The van der Waals surface area contributed by atoms with Gasteiger partial charge in [-0.2, -0.15) is 0 Å². The van der Waals surface area contributed by atoms with E-state index in [1.54, 1.807) is 6.20 Å². The van der Waals surface area contributed by atoms with Crippen LogP contribution in [0.5, 0.6) is 0 Å². The summed E-state index contributed by atoms with van der Waals surface area (Å²) in [6.45, 7) is 4.22. The highest BCUT2D eigenvalue weighted by atomic mass is 79.9. The van der Waals surface area contributed by atoms with Gasteiger partial charge in [0.25, 0.3) is 0 Å². The highest BCUT2D eigenvalue weighted by Crippen LogP contribution is 2.19. The summed E-state index contributed by atoms with van der Waals surface area (Å²) >= 11 is 3.43. The molecule has 5 heteroatoms. The molecule has 2 rings (SSSR count). The Hall–Kier alpha value is -1.10. The fraction of sp³-hybridized carbons (Fsp3) is 0.538. The fourth-order valence-corrected chi connectivity index (χ4v) is 2.30. The van der Waals surface area contributed by atoms with Gasteiger partial charge in [0.05, 0.1) is 6.54 Å². The fourth-order valence-electron chi connectivity index (χ4n) is 2.08. The number of amides is 1. The van der Waals surface area contributed by atoms with Gasteiger partial charge in [-0.3, -0.25) is 4.79 Å². The number of likely N-dealkylation sites (tertiary alicyclic amines) is 1. The molecule has 0 spiro atoms. The number of halogens is 1. The molecule has 0 aromatic carbocycles. The van der Waals surface area contributed by atoms with Crippen molar-refractivity contribution in [2.24, 2.45) is 0 Å².